The molecule has 1 aromatic rings. The molecule has 0 aromatic heterocycles. The van der Waals surface area contributed by atoms with Gasteiger partial charge in [-0.2, -0.15) is 0 Å². The predicted octanol–water partition coefficient (Wildman–Crippen LogP) is 5.19. The number of carbonyl (C=O) groups is 1. The Morgan fingerprint density at radius 3 is 2.38 bits per heavy atom. The minimum Gasteiger partial charge on any atom is -0.508 e. The van der Waals surface area contributed by atoms with Gasteiger partial charge >= 0.3 is 5.97 Å². The van der Waals surface area contributed by atoms with Gasteiger partial charge in [0.1, 0.15) is 11.5 Å². The summed E-state index contributed by atoms with van der Waals surface area (Å²) in [6, 6.07) is 5.14. The minimum atomic E-state index is -0.686. The van der Waals surface area contributed by atoms with E-state index in [-0.39, 0.29) is 17.6 Å². The third kappa shape index (κ3) is 7.24. The number of phenols is 1. The predicted molar refractivity (Wildman–Crippen MR) is 96.6 cm³/mol. The smallest absolute Gasteiger partial charge is 0.347 e. The zero-order valence-electron chi connectivity index (χ0n) is 15.5. The molecule has 1 unspecified atom stereocenters. The monoisotopic (exact) mass is 336 g/mol. The lowest BCUT2D eigenvalue weighted by atomic mass is 10.0. The Morgan fingerprint density at radius 1 is 1.08 bits per heavy atom. The molecule has 1 rings (SSSR count). The SMILES string of the molecule is CCCCCCCCOC(=O)C(C)Oc1ccc(C(C)C)c(O)c1. The molecule has 0 aliphatic rings. The van der Waals surface area contributed by atoms with E-state index in [4.69, 9.17) is 9.47 Å². The maximum Gasteiger partial charge on any atom is 0.347 e. The summed E-state index contributed by atoms with van der Waals surface area (Å²) in [7, 11) is 0. The number of aromatic hydroxyl groups is 1. The second-order valence-electron chi connectivity index (χ2n) is 6.57. The lowest BCUT2D eigenvalue weighted by Gasteiger charge is -2.15. The van der Waals surface area contributed by atoms with Crippen LogP contribution >= 0.6 is 0 Å². The van der Waals surface area contributed by atoms with E-state index in [0.29, 0.717) is 12.4 Å². The number of hydrogen-bond acceptors (Lipinski definition) is 4. The lowest BCUT2D eigenvalue weighted by molar-refractivity contribution is -0.151. The molecule has 0 heterocycles. The second kappa shape index (κ2) is 11.0. The summed E-state index contributed by atoms with van der Waals surface area (Å²) < 4.78 is 10.8. The van der Waals surface area contributed by atoms with Crippen molar-refractivity contribution < 1.29 is 19.4 Å². The maximum absolute atomic E-state index is 11.9. The van der Waals surface area contributed by atoms with Crippen LogP contribution in [0.5, 0.6) is 11.5 Å². The van der Waals surface area contributed by atoms with E-state index in [0.717, 1.165) is 18.4 Å². The molecule has 0 amide bonds. The molecule has 1 atom stereocenters. The van der Waals surface area contributed by atoms with Crippen molar-refractivity contribution >= 4 is 5.97 Å². The number of hydrogen-bond donors (Lipinski definition) is 1. The van der Waals surface area contributed by atoms with Gasteiger partial charge in [0, 0.05) is 6.07 Å². The molecule has 0 saturated heterocycles. The number of benzene rings is 1. The third-order valence-electron chi connectivity index (χ3n) is 4.01. The highest BCUT2D eigenvalue weighted by molar-refractivity contribution is 5.74. The van der Waals surface area contributed by atoms with Gasteiger partial charge in [0.15, 0.2) is 6.10 Å². The first-order chi connectivity index (χ1) is 11.5. The summed E-state index contributed by atoms with van der Waals surface area (Å²) in [5.41, 5.74) is 0.862. The van der Waals surface area contributed by atoms with Crippen LogP contribution < -0.4 is 4.74 Å². The van der Waals surface area contributed by atoms with E-state index in [1.165, 1.54) is 25.7 Å². The Bertz CT molecular complexity index is 496. The first-order valence-electron chi connectivity index (χ1n) is 9.11. The van der Waals surface area contributed by atoms with Crippen molar-refractivity contribution in [3.63, 3.8) is 0 Å². The van der Waals surface area contributed by atoms with Crippen molar-refractivity contribution in [1.82, 2.24) is 0 Å². The van der Waals surface area contributed by atoms with Gasteiger partial charge in [-0.15, -0.1) is 0 Å². The fourth-order valence-corrected chi connectivity index (χ4v) is 2.51. The fourth-order valence-electron chi connectivity index (χ4n) is 2.51. The number of unbranched alkanes of at least 4 members (excludes halogenated alkanes) is 5. The van der Waals surface area contributed by atoms with Crippen LogP contribution in [0.1, 0.15) is 77.7 Å². The first kappa shape index (κ1) is 20.3. The van der Waals surface area contributed by atoms with Crippen molar-refractivity contribution in [2.24, 2.45) is 0 Å². The Kier molecular flexibility index (Phi) is 9.28. The highest BCUT2D eigenvalue weighted by Gasteiger charge is 2.17. The third-order valence-corrected chi connectivity index (χ3v) is 4.01. The number of rotatable bonds is 11. The molecule has 1 N–H and O–H groups in total. The van der Waals surface area contributed by atoms with Crippen LogP contribution in [0.2, 0.25) is 0 Å². The van der Waals surface area contributed by atoms with Gasteiger partial charge in [-0.05, 0) is 30.9 Å². The molecule has 4 nitrogen and oxygen atoms in total. The van der Waals surface area contributed by atoms with E-state index < -0.39 is 6.10 Å². The first-order valence-corrected chi connectivity index (χ1v) is 9.11. The molecule has 24 heavy (non-hydrogen) atoms. The van der Waals surface area contributed by atoms with Gasteiger partial charge < -0.3 is 14.6 Å². The van der Waals surface area contributed by atoms with Crippen molar-refractivity contribution in [2.75, 3.05) is 6.61 Å². The van der Waals surface area contributed by atoms with Gasteiger partial charge in [-0.3, -0.25) is 0 Å². The molecule has 0 aliphatic carbocycles. The Hall–Kier alpha value is -1.71. The average molecular weight is 336 g/mol. The van der Waals surface area contributed by atoms with Gasteiger partial charge in [-0.1, -0.05) is 58.9 Å². The zero-order chi connectivity index (χ0) is 17.9. The van der Waals surface area contributed by atoms with Crippen molar-refractivity contribution in [2.45, 2.75) is 78.2 Å². The topological polar surface area (TPSA) is 55.8 Å². The van der Waals surface area contributed by atoms with Gasteiger partial charge in [0.25, 0.3) is 0 Å². The van der Waals surface area contributed by atoms with Gasteiger partial charge in [-0.25, -0.2) is 4.79 Å². The van der Waals surface area contributed by atoms with Gasteiger partial charge in [0.2, 0.25) is 0 Å². The molecule has 0 fully saturated rings. The maximum atomic E-state index is 11.9. The Balaban J connectivity index is 2.32. The van der Waals surface area contributed by atoms with Crippen LogP contribution in [0.15, 0.2) is 18.2 Å². The average Bonchev–Trinajstić information content (AvgIpc) is 2.53. The summed E-state index contributed by atoms with van der Waals surface area (Å²) in [5, 5.41) is 9.98. The normalized spacial score (nSPS) is 12.2. The molecule has 4 heteroatoms. The lowest BCUT2D eigenvalue weighted by Crippen LogP contribution is -2.26. The van der Waals surface area contributed by atoms with Crippen LogP contribution in [-0.2, 0) is 9.53 Å². The van der Waals surface area contributed by atoms with Crippen molar-refractivity contribution in [3.05, 3.63) is 23.8 Å². The number of carbonyl (C=O) groups excluding carboxylic acids is 1. The Labute approximate surface area is 146 Å². The Morgan fingerprint density at radius 2 is 1.75 bits per heavy atom. The molecule has 136 valence electrons. The molecule has 1 aromatic carbocycles. The van der Waals surface area contributed by atoms with Crippen molar-refractivity contribution in [1.29, 1.82) is 0 Å². The highest BCUT2D eigenvalue weighted by Crippen LogP contribution is 2.29. The van der Waals surface area contributed by atoms with Crippen molar-refractivity contribution in [3.8, 4) is 11.5 Å². The van der Waals surface area contributed by atoms with E-state index in [1.807, 2.05) is 19.9 Å². The molecule has 0 spiro atoms. The summed E-state index contributed by atoms with van der Waals surface area (Å²) in [5.74, 6) is 0.533. The summed E-state index contributed by atoms with van der Waals surface area (Å²) in [4.78, 5) is 11.9. The summed E-state index contributed by atoms with van der Waals surface area (Å²) >= 11 is 0. The number of esters is 1. The van der Waals surface area contributed by atoms with E-state index in [1.54, 1.807) is 19.1 Å². The summed E-state index contributed by atoms with van der Waals surface area (Å²) in [6.07, 6.45) is 6.25. The van der Waals surface area contributed by atoms with Crippen LogP contribution in [-0.4, -0.2) is 23.8 Å². The molecule has 0 radical (unpaired) electrons. The standard InChI is InChI=1S/C20H32O4/c1-5-6-7-8-9-10-13-23-20(22)16(4)24-17-11-12-18(15(2)3)19(21)14-17/h11-12,14-16,21H,5-10,13H2,1-4H3. The quantitative estimate of drug-likeness (QED) is 0.446. The fraction of sp³-hybridized carbons (Fsp3) is 0.650. The molecular weight excluding hydrogens is 304 g/mol. The van der Waals surface area contributed by atoms with E-state index in [9.17, 15) is 9.90 Å². The molecule has 0 saturated carbocycles. The van der Waals surface area contributed by atoms with Crippen LogP contribution in [0.3, 0.4) is 0 Å². The minimum absolute atomic E-state index is 0.190. The number of ether oxygens (including phenoxy) is 2. The zero-order valence-corrected chi connectivity index (χ0v) is 15.5. The number of phenolic OH excluding ortho intramolecular Hbond substituents is 1. The molecule has 0 bridgehead atoms. The van der Waals surface area contributed by atoms with E-state index in [2.05, 4.69) is 6.92 Å². The second-order valence-corrected chi connectivity index (χ2v) is 6.57. The van der Waals surface area contributed by atoms with Gasteiger partial charge in [0.05, 0.1) is 6.61 Å². The highest BCUT2D eigenvalue weighted by atomic mass is 16.6. The van der Waals surface area contributed by atoms with Crippen LogP contribution in [0.4, 0.5) is 0 Å². The summed E-state index contributed by atoms with van der Waals surface area (Å²) in [6.45, 7) is 8.32. The molecular formula is C20H32O4. The largest absolute Gasteiger partial charge is 0.508 e. The van der Waals surface area contributed by atoms with E-state index >= 15 is 0 Å². The van der Waals surface area contributed by atoms with Crippen LogP contribution in [0, 0.1) is 0 Å². The molecule has 0 aliphatic heterocycles. The van der Waals surface area contributed by atoms with Crippen LogP contribution in [0.25, 0.3) is 0 Å².